The first-order chi connectivity index (χ1) is 31.2. The van der Waals surface area contributed by atoms with E-state index < -0.39 is 0 Å². The second kappa shape index (κ2) is 12.9. The third-order valence-electron chi connectivity index (χ3n) is 13.0. The number of aromatic nitrogens is 5. The van der Waals surface area contributed by atoms with E-state index in [1.807, 2.05) is 18.2 Å². The van der Waals surface area contributed by atoms with Gasteiger partial charge in [0, 0.05) is 44.0 Å². The Kier molecular flexibility index (Phi) is 7.02. The summed E-state index contributed by atoms with van der Waals surface area (Å²) in [5.41, 5.74) is 17.3. The molecule has 6 heteroatoms. The Labute approximate surface area is 360 Å². The molecule has 14 rings (SSSR count). The Morgan fingerprint density at radius 3 is 1.32 bits per heavy atom. The number of rotatable bonds is 5. The van der Waals surface area contributed by atoms with Gasteiger partial charge >= 0.3 is 0 Å². The maximum atomic E-state index is 6.49. The lowest BCUT2D eigenvalue weighted by molar-refractivity contribution is 0.651. The molecular formula is C57H35N5O. The third-order valence-corrected chi connectivity index (χ3v) is 13.0. The van der Waals surface area contributed by atoms with E-state index in [2.05, 4.69) is 212 Å². The highest BCUT2D eigenvalue weighted by molar-refractivity contribution is 6.14. The van der Waals surface area contributed by atoms with Gasteiger partial charge in [-0.05, 0) is 125 Å². The molecule has 5 heterocycles. The van der Waals surface area contributed by atoms with Crippen molar-refractivity contribution in [1.82, 2.24) is 23.1 Å². The quantitative estimate of drug-likeness (QED) is 0.174. The number of furan rings is 1. The lowest BCUT2D eigenvalue weighted by atomic mass is 9.99. The van der Waals surface area contributed by atoms with E-state index >= 15 is 0 Å². The summed E-state index contributed by atoms with van der Waals surface area (Å²) in [4.78, 5) is 5.23. The summed E-state index contributed by atoms with van der Waals surface area (Å²) in [6, 6.07) is 76.3. The number of fused-ring (bicyclic) bond motifs is 13. The first-order valence-corrected chi connectivity index (χ1v) is 21.4. The summed E-state index contributed by atoms with van der Waals surface area (Å²) in [6.07, 6.45) is 0. The normalized spacial score (nSPS) is 12.1. The second-order valence-electron chi connectivity index (χ2n) is 16.4. The van der Waals surface area contributed by atoms with Gasteiger partial charge in [0.2, 0.25) is 11.5 Å². The molecule has 5 aromatic heterocycles. The Morgan fingerprint density at radius 2 is 0.746 bits per heavy atom. The van der Waals surface area contributed by atoms with Crippen LogP contribution >= 0.6 is 0 Å². The number of imidazole rings is 2. The zero-order chi connectivity index (χ0) is 41.2. The van der Waals surface area contributed by atoms with Crippen molar-refractivity contribution in [3.05, 3.63) is 212 Å². The van der Waals surface area contributed by atoms with E-state index in [4.69, 9.17) is 9.40 Å². The molecule has 0 radical (unpaired) electrons. The fraction of sp³-hybridized carbons (Fsp3) is 0. The van der Waals surface area contributed by atoms with Gasteiger partial charge in [0.25, 0.3) is 0 Å². The van der Waals surface area contributed by atoms with Crippen LogP contribution in [0.15, 0.2) is 217 Å². The van der Waals surface area contributed by atoms with E-state index in [-0.39, 0.29) is 0 Å². The minimum atomic E-state index is 0.755. The highest BCUT2D eigenvalue weighted by Gasteiger charge is 2.23. The SMILES string of the molecule is c1ccc(-n2c3ccccc3c3cc(-c4ccc5c(c4)c4cc(-c6ccc7c(c6)n(-c6ccccc6)c6nc8c9ccccc9oc8n76)ccc4n5-c4ccccc4)ccc32)cc1. The number of nitrogens with zero attached hydrogens (tertiary/aromatic N) is 5. The van der Waals surface area contributed by atoms with Gasteiger partial charge in [-0.25, -0.2) is 9.38 Å². The number of para-hydroxylation sites is 5. The van der Waals surface area contributed by atoms with Crippen molar-refractivity contribution in [2.75, 3.05) is 0 Å². The van der Waals surface area contributed by atoms with Gasteiger partial charge in [-0.15, -0.1) is 0 Å². The van der Waals surface area contributed by atoms with Gasteiger partial charge in [-0.2, -0.15) is 0 Å². The molecule has 9 aromatic carbocycles. The molecule has 0 aliphatic rings. The van der Waals surface area contributed by atoms with E-state index in [1.165, 1.54) is 49.2 Å². The molecule has 0 aliphatic heterocycles. The maximum Gasteiger partial charge on any atom is 0.234 e. The second-order valence-corrected chi connectivity index (χ2v) is 16.4. The van der Waals surface area contributed by atoms with Crippen LogP contribution in [0, 0.1) is 0 Å². The molecule has 0 unspecified atom stereocenters. The molecular weight excluding hydrogens is 771 g/mol. The molecule has 63 heavy (non-hydrogen) atoms. The summed E-state index contributed by atoms with van der Waals surface area (Å²) in [6.45, 7) is 0. The molecule has 0 aliphatic carbocycles. The van der Waals surface area contributed by atoms with Crippen LogP contribution in [-0.4, -0.2) is 23.1 Å². The van der Waals surface area contributed by atoms with Crippen molar-refractivity contribution in [1.29, 1.82) is 0 Å². The van der Waals surface area contributed by atoms with Gasteiger partial charge in [-0.3, -0.25) is 4.57 Å². The van der Waals surface area contributed by atoms with Crippen LogP contribution in [0.4, 0.5) is 0 Å². The number of benzene rings is 9. The summed E-state index contributed by atoms with van der Waals surface area (Å²) >= 11 is 0. The van der Waals surface area contributed by atoms with Crippen LogP contribution in [0.5, 0.6) is 0 Å². The number of hydrogen-bond acceptors (Lipinski definition) is 2. The minimum absolute atomic E-state index is 0.755. The molecule has 0 N–H and O–H groups in total. The van der Waals surface area contributed by atoms with Crippen LogP contribution in [0.3, 0.4) is 0 Å². The highest BCUT2D eigenvalue weighted by Crippen LogP contribution is 2.41. The summed E-state index contributed by atoms with van der Waals surface area (Å²) in [5.74, 6) is 0.824. The van der Waals surface area contributed by atoms with Gasteiger partial charge in [-0.1, -0.05) is 109 Å². The maximum absolute atomic E-state index is 6.49. The monoisotopic (exact) mass is 805 g/mol. The van der Waals surface area contributed by atoms with Gasteiger partial charge in [0.1, 0.15) is 11.1 Å². The average Bonchev–Trinajstić information content (AvgIpc) is 4.14. The van der Waals surface area contributed by atoms with E-state index in [1.54, 1.807) is 0 Å². The van der Waals surface area contributed by atoms with Crippen molar-refractivity contribution < 1.29 is 4.42 Å². The lowest BCUT2D eigenvalue weighted by Gasteiger charge is -2.09. The average molecular weight is 806 g/mol. The van der Waals surface area contributed by atoms with E-state index in [0.29, 0.717) is 0 Å². The summed E-state index contributed by atoms with van der Waals surface area (Å²) < 4.78 is 15.7. The third kappa shape index (κ3) is 4.91. The molecule has 14 aromatic rings. The van der Waals surface area contributed by atoms with Crippen molar-refractivity contribution in [3.63, 3.8) is 0 Å². The molecule has 0 bridgehead atoms. The predicted octanol–water partition coefficient (Wildman–Crippen LogP) is 14.7. The van der Waals surface area contributed by atoms with Crippen LogP contribution in [0.25, 0.3) is 122 Å². The number of hydrogen-bond donors (Lipinski definition) is 0. The van der Waals surface area contributed by atoms with Crippen LogP contribution in [-0.2, 0) is 0 Å². The molecule has 0 fully saturated rings. The van der Waals surface area contributed by atoms with Gasteiger partial charge in [0.05, 0.1) is 33.1 Å². The van der Waals surface area contributed by atoms with Crippen molar-refractivity contribution in [2.24, 2.45) is 0 Å². The van der Waals surface area contributed by atoms with Crippen molar-refractivity contribution in [2.45, 2.75) is 0 Å². The molecule has 0 atom stereocenters. The van der Waals surface area contributed by atoms with Crippen LogP contribution in [0.1, 0.15) is 0 Å². The highest BCUT2D eigenvalue weighted by atomic mass is 16.3. The fourth-order valence-electron chi connectivity index (χ4n) is 10.1. The zero-order valence-corrected chi connectivity index (χ0v) is 33.9. The zero-order valence-electron chi connectivity index (χ0n) is 33.9. The summed E-state index contributed by atoms with van der Waals surface area (Å²) in [5, 5.41) is 5.91. The molecule has 294 valence electrons. The minimum Gasteiger partial charge on any atom is -0.437 e. The Hall–Kier alpha value is -8.61. The van der Waals surface area contributed by atoms with Crippen LogP contribution in [0.2, 0.25) is 0 Å². The smallest absolute Gasteiger partial charge is 0.234 e. The molecule has 0 saturated carbocycles. The Morgan fingerprint density at radius 1 is 0.317 bits per heavy atom. The van der Waals surface area contributed by atoms with Crippen molar-refractivity contribution >= 4 is 82.6 Å². The standard InChI is InChI=1S/C57H35N5O/c1-4-14-40(15-5-1)59-48-22-12-10-20-43(48)45-32-36(24-28-49(45)59)37-25-29-50-46(33-37)47-34-38(26-30-51(47)60(50)41-16-6-2-7-17-41)39-27-31-52-53(35-39)61(42-18-8-3-9-19-42)57-58-55-44-21-11-13-23-54(44)63-56(55)62(52)57/h1-35H. The van der Waals surface area contributed by atoms with E-state index in [9.17, 15) is 0 Å². The Bertz CT molecular complexity index is 4130. The van der Waals surface area contributed by atoms with E-state index in [0.717, 1.165) is 72.7 Å². The first-order valence-electron chi connectivity index (χ1n) is 21.4. The van der Waals surface area contributed by atoms with Crippen molar-refractivity contribution in [3.8, 4) is 39.3 Å². The molecule has 0 saturated heterocycles. The Balaban J connectivity index is 0.971. The van der Waals surface area contributed by atoms with Gasteiger partial charge in [0.15, 0.2) is 0 Å². The topological polar surface area (TPSA) is 45.2 Å². The largest absolute Gasteiger partial charge is 0.437 e. The summed E-state index contributed by atoms with van der Waals surface area (Å²) in [7, 11) is 0. The first kappa shape index (κ1) is 34.1. The predicted molar refractivity (Wildman–Crippen MR) is 259 cm³/mol. The van der Waals surface area contributed by atoms with Crippen LogP contribution < -0.4 is 0 Å². The lowest BCUT2D eigenvalue weighted by Crippen LogP contribution is -1.95. The molecule has 0 amide bonds. The molecule has 6 nitrogen and oxygen atoms in total. The fourth-order valence-corrected chi connectivity index (χ4v) is 10.1. The molecule has 0 spiro atoms. The van der Waals surface area contributed by atoms with Gasteiger partial charge < -0.3 is 13.6 Å².